The fourth-order valence-corrected chi connectivity index (χ4v) is 1.71. The maximum Gasteiger partial charge on any atom is 0.251 e. The van der Waals surface area contributed by atoms with Crippen molar-refractivity contribution in [3.8, 4) is 0 Å². The lowest BCUT2D eigenvalue weighted by molar-refractivity contribution is 0.0950. The number of nitrogens with zero attached hydrogens (tertiary/aromatic N) is 1. The zero-order valence-corrected chi connectivity index (χ0v) is 12.9. The van der Waals surface area contributed by atoms with Gasteiger partial charge in [-0.1, -0.05) is 17.3 Å². The second kappa shape index (κ2) is 6.13. The molecule has 1 rings (SSSR count). The number of rotatable bonds is 5. The average molecular weight is 313 g/mol. The van der Waals surface area contributed by atoms with Crippen LogP contribution in [0.2, 0.25) is 0 Å². The van der Waals surface area contributed by atoms with Crippen LogP contribution in [0.15, 0.2) is 29.4 Å². The van der Waals surface area contributed by atoms with Crippen LogP contribution in [0.3, 0.4) is 0 Å². The third kappa shape index (κ3) is 4.19. The molecule has 0 aliphatic rings. The van der Waals surface area contributed by atoms with Crippen LogP contribution in [0.4, 0.5) is 0 Å². The first-order valence-electron chi connectivity index (χ1n) is 6.14. The topological polar surface area (TPSA) is 122 Å². The molecule has 4 N–H and O–H groups in total. The van der Waals surface area contributed by atoms with Crippen LogP contribution in [0, 0.1) is 0 Å². The van der Waals surface area contributed by atoms with E-state index in [-0.39, 0.29) is 12.4 Å². The van der Waals surface area contributed by atoms with E-state index in [9.17, 15) is 13.2 Å². The van der Waals surface area contributed by atoms with Crippen LogP contribution in [-0.4, -0.2) is 42.9 Å². The van der Waals surface area contributed by atoms with Crippen molar-refractivity contribution >= 4 is 21.6 Å². The van der Waals surface area contributed by atoms with E-state index in [1.165, 1.54) is 24.3 Å². The summed E-state index contributed by atoms with van der Waals surface area (Å²) in [6.45, 7) is 3.10. The van der Waals surface area contributed by atoms with E-state index in [4.69, 9.17) is 10.9 Å². The predicted molar refractivity (Wildman–Crippen MR) is 80.2 cm³/mol. The standard InChI is InChI=1S/C13H19N3O4S/c1-13(2,21(3,19)20)8-15-12(17)10-6-4-9(5-7-10)11(14)16-18/h4-7,18H,8H2,1-3H3,(H2,14,16)(H,15,17). The molecule has 116 valence electrons. The van der Waals surface area contributed by atoms with E-state index in [0.29, 0.717) is 11.1 Å². The van der Waals surface area contributed by atoms with Crippen LogP contribution in [-0.2, 0) is 9.84 Å². The monoisotopic (exact) mass is 313 g/mol. The Morgan fingerprint density at radius 2 is 1.76 bits per heavy atom. The first-order valence-corrected chi connectivity index (χ1v) is 8.03. The van der Waals surface area contributed by atoms with Crippen molar-refractivity contribution in [2.24, 2.45) is 10.9 Å². The number of hydrogen-bond acceptors (Lipinski definition) is 5. The molecule has 7 nitrogen and oxygen atoms in total. The van der Waals surface area contributed by atoms with E-state index in [2.05, 4.69) is 10.5 Å². The summed E-state index contributed by atoms with van der Waals surface area (Å²) in [5, 5.41) is 14.0. The summed E-state index contributed by atoms with van der Waals surface area (Å²) in [4.78, 5) is 12.0. The van der Waals surface area contributed by atoms with Gasteiger partial charge in [-0.2, -0.15) is 0 Å². The maximum absolute atomic E-state index is 12.0. The van der Waals surface area contributed by atoms with Gasteiger partial charge < -0.3 is 16.3 Å². The molecule has 1 aromatic rings. The van der Waals surface area contributed by atoms with E-state index < -0.39 is 20.5 Å². The summed E-state index contributed by atoms with van der Waals surface area (Å²) in [5.74, 6) is -0.446. The molecule has 8 heteroatoms. The van der Waals surface area contributed by atoms with Gasteiger partial charge in [0.25, 0.3) is 5.91 Å². The Morgan fingerprint density at radius 1 is 1.29 bits per heavy atom. The van der Waals surface area contributed by atoms with Crippen LogP contribution >= 0.6 is 0 Å². The van der Waals surface area contributed by atoms with Crippen molar-refractivity contribution in [1.82, 2.24) is 5.32 Å². The molecule has 0 spiro atoms. The zero-order valence-electron chi connectivity index (χ0n) is 12.1. The third-order valence-electron chi connectivity index (χ3n) is 3.23. The second-order valence-electron chi connectivity index (χ2n) is 5.28. The molecule has 0 saturated heterocycles. The van der Waals surface area contributed by atoms with Gasteiger partial charge >= 0.3 is 0 Å². The van der Waals surface area contributed by atoms with Gasteiger partial charge in [0.05, 0.1) is 4.75 Å². The second-order valence-corrected chi connectivity index (χ2v) is 7.93. The minimum Gasteiger partial charge on any atom is -0.409 e. The van der Waals surface area contributed by atoms with Gasteiger partial charge in [-0.15, -0.1) is 0 Å². The maximum atomic E-state index is 12.0. The molecule has 1 aromatic carbocycles. The quantitative estimate of drug-likeness (QED) is 0.313. The molecule has 0 fully saturated rings. The Balaban J connectivity index is 2.78. The normalized spacial score (nSPS) is 13.0. The molecule has 0 bridgehead atoms. The molecule has 0 radical (unpaired) electrons. The first-order chi connectivity index (χ1) is 9.58. The van der Waals surface area contributed by atoms with Crippen molar-refractivity contribution in [3.63, 3.8) is 0 Å². The summed E-state index contributed by atoms with van der Waals surface area (Å²) < 4.78 is 22.1. The summed E-state index contributed by atoms with van der Waals surface area (Å²) in [5.41, 5.74) is 6.25. The Morgan fingerprint density at radius 3 is 2.19 bits per heavy atom. The van der Waals surface area contributed by atoms with Crippen LogP contribution in [0.1, 0.15) is 29.8 Å². The number of oxime groups is 1. The zero-order chi connectivity index (χ0) is 16.3. The number of amides is 1. The molecule has 0 saturated carbocycles. The molecular weight excluding hydrogens is 294 g/mol. The highest BCUT2D eigenvalue weighted by Gasteiger charge is 2.30. The number of carbonyl (C=O) groups is 1. The Hall–Kier alpha value is -2.09. The molecule has 0 aliphatic carbocycles. The minimum absolute atomic E-state index is 0.00660. The third-order valence-corrected chi connectivity index (χ3v) is 5.38. The fraction of sp³-hybridized carbons (Fsp3) is 0.385. The Labute approximate surface area is 123 Å². The van der Waals surface area contributed by atoms with Gasteiger partial charge in [0.2, 0.25) is 0 Å². The lowest BCUT2D eigenvalue weighted by Gasteiger charge is -2.22. The number of carbonyl (C=O) groups excluding carboxylic acids is 1. The number of nitrogens with two attached hydrogens (primary N) is 1. The summed E-state index contributed by atoms with van der Waals surface area (Å²) in [7, 11) is -3.28. The van der Waals surface area contributed by atoms with E-state index in [1.54, 1.807) is 13.8 Å². The number of nitrogens with one attached hydrogen (secondary N) is 1. The van der Waals surface area contributed by atoms with Crippen molar-refractivity contribution in [2.45, 2.75) is 18.6 Å². The molecule has 21 heavy (non-hydrogen) atoms. The van der Waals surface area contributed by atoms with Gasteiger partial charge in [0.15, 0.2) is 15.7 Å². The summed E-state index contributed by atoms with van der Waals surface area (Å²) >= 11 is 0. The molecule has 0 aliphatic heterocycles. The highest BCUT2D eigenvalue weighted by molar-refractivity contribution is 7.92. The van der Waals surface area contributed by atoms with E-state index in [1.807, 2.05) is 0 Å². The molecule has 0 aromatic heterocycles. The highest BCUT2D eigenvalue weighted by Crippen LogP contribution is 2.14. The van der Waals surface area contributed by atoms with E-state index >= 15 is 0 Å². The first kappa shape index (κ1) is 17.0. The van der Waals surface area contributed by atoms with Gasteiger partial charge in [-0.3, -0.25) is 4.79 Å². The Kier molecular flexibility index (Phi) is 4.95. The van der Waals surface area contributed by atoms with Gasteiger partial charge in [0, 0.05) is 23.9 Å². The molecule has 0 unspecified atom stereocenters. The van der Waals surface area contributed by atoms with Crippen molar-refractivity contribution in [3.05, 3.63) is 35.4 Å². The minimum atomic E-state index is -3.28. The number of amidine groups is 1. The lowest BCUT2D eigenvalue weighted by Crippen LogP contribution is -2.43. The van der Waals surface area contributed by atoms with Crippen LogP contribution < -0.4 is 11.1 Å². The Bertz CT molecular complexity index is 648. The molecule has 0 atom stereocenters. The van der Waals surface area contributed by atoms with Gasteiger partial charge in [0.1, 0.15) is 0 Å². The lowest BCUT2D eigenvalue weighted by atomic mass is 10.1. The predicted octanol–water partition coefficient (Wildman–Crippen LogP) is 0.334. The summed E-state index contributed by atoms with van der Waals surface area (Å²) in [6, 6.07) is 6.09. The molecular formula is C13H19N3O4S. The van der Waals surface area contributed by atoms with E-state index in [0.717, 1.165) is 6.26 Å². The highest BCUT2D eigenvalue weighted by atomic mass is 32.2. The number of benzene rings is 1. The number of hydrogen-bond donors (Lipinski definition) is 3. The SMILES string of the molecule is CC(C)(CNC(=O)c1ccc(C(N)=NO)cc1)S(C)(=O)=O. The van der Waals surface area contributed by atoms with Crippen LogP contribution in [0.25, 0.3) is 0 Å². The van der Waals surface area contributed by atoms with Crippen molar-refractivity contribution < 1.29 is 18.4 Å². The number of sulfone groups is 1. The van der Waals surface area contributed by atoms with Crippen molar-refractivity contribution in [1.29, 1.82) is 0 Å². The smallest absolute Gasteiger partial charge is 0.251 e. The average Bonchev–Trinajstić information content (AvgIpc) is 2.43. The molecule has 0 heterocycles. The van der Waals surface area contributed by atoms with Crippen molar-refractivity contribution in [2.75, 3.05) is 12.8 Å². The molecule has 1 amide bonds. The largest absolute Gasteiger partial charge is 0.409 e. The van der Waals surface area contributed by atoms with Gasteiger partial charge in [-0.25, -0.2) is 8.42 Å². The summed E-state index contributed by atoms with van der Waals surface area (Å²) in [6.07, 6.45) is 1.13. The fourth-order valence-electron chi connectivity index (χ4n) is 1.38. The van der Waals surface area contributed by atoms with Crippen LogP contribution in [0.5, 0.6) is 0 Å². The van der Waals surface area contributed by atoms with Gasteiger partial charge in [-0.05, 0) is 26.0 Å².